The molecule has 2 rings (SSSR count). The molecule has 0 amide bonds. The molecular weight excluding hydrogens is 276 g/mol. The highest BCUT2D eigenvalue weighted by molar-refractivity contribution is 8.01. The van der Waals surface area contributed by atoms with E-state index in [9.17, 15) is 5.11 Å². The molecule has 1 atom stereocenters. The first-order chi connectivity index (χ1) is 8.06. The molecule has 0 fully saturated rings. The van der Waals surface area contributed by atoms with Crippen molar-refractivity contribution in [3.63, 3.8) is 0 Å². The number of aryl methyl sites for hydroxylation is 1. The lowest BCUT2D eigenvalue weighted by Gasteiger charge is -2.07. The monoisotopic (exact) mass is 286 g/mol. The molecule has 0 saturated carbocycles. The number of nitrogens with zero attached hydrogens (tertiary/aromatic N) is 2. The molecule has 17 heavy (non-hydrogen) atoms. The van der Waals surface area contributed by atoms with Crippen molar-refractivity contribution in [3.05, 3.63) is 33.8 Å². The van der Waals surface area contributed by atoms with Crippen LogP contribution in [0.1, 0.15) is 23.6 Å². The predicted molar refractivity (Wildman–Crippen MR) is 70.9 cm³/mol. The number of aliphatic hydroxyl groups excluding tert-OH is 1. The molecule has 0 aliphatic rings. The minimum atomic E-state index is -0.504. The molecule has 6 heteroatoms. The zero-order valence-electron chi connectivity index (χ0n) is 9.35. The molecule has 0 aliphatic heterocycles. The Morgan fingerprint density at radius 2 is 2.18 bits per heavy atom. The number of hydrogen-bond donors (Lipinski definition) is 1. The van der Waals surface area contributed by atoms with Gasteiger partial charge in [-0.25, -0.2) is 0 Å². The summed E-state index contributed by atoms with van der Waals surface area (Å²) >= 11 is 9.18. The second kappa shape index (κ2) is 5.35. The van der Waals surface area contributed by atoms with Crippen LogP contribution in [0.3, 0.4) is 0 Å². The van der Waals surface area contributed by atoms with Gasteiger partial charge in [0.25, 0.3) is 0 Å². The molecule has 1 N–H and O–H groups in total. The Morgan fingerprint density at radius 1 is 1.41 bits per heavy atom. The first-order valence-electron chi connectivity index (χ1n) is 5.01. The summed E-state index contributed by atoms with van der Waals surface area (Å²) < 4.78 is 0.870. The van der Waals surface area contributed by atoms with Crippen LogP contribution in [-0.2, 0) is 0 Å². The first-order valence-corrected chi connectivity index (χ1v) is 7.03. The number of hydrogen-bond acceptors (Lipinski definition) is 5. The topological polar surface area (TPSA) is 46.0 Å². The van der Waals surface area contributed by atoms with Crippen molar-refractivity contribution in [2.24, 2.45) is 0 Å². The molecule has 1 unspecified atom stereocenters. The van der Waals surface area contributed by atoms with Crippen LogP contribution in [0.2, 0.25) is 5.02 Å². The zero-order valence-corrected chi connectivity index (χ0v) is 11.7. The van der Waals surface area contributed by atoms with Crippen LogP contribution in [0.5, 0.6) is 0 Å². The highest BCUT2D eigenvalue weighted by atomic mass is 35.5. The van der Waals surface area contributed by atoms with Gasteiger partial charge in [0.15, 0.2) is 4.34 Å². The third-order valence-corrected chi connectivity index (χ3v) is 4.53. The molecule has 0 saturated heterocycles. The summed E-state index contributed by atoms with van der Waals surface area (Å²) in [5.74, 6) is 0. The van der Waals surface area contributed by atoms with Gasteiger partial charge in [0.1, 0.15) is 5.01 Å². The minimum Gasteiger partial charge on any atom is -0.389 e. The van der Waals surface area contributed by atoms with Crippen molar-refractivity contribution >= 4 is 34.7 Å². The molecule has 0 aliphatic carbocycles. The van der Waals surface area contributed by atoms with E-state index in [2.05, 4.69) is 10.2 Å². The van der Waals surface area contributed by atoms with Crippen LogP contribution in [0.25, 0.3) is 0 Å². The van der Waals surface area contributed by atoms with E-state index in [0.717, 1.165) is 19.8 Å². The maximum absolute atomic E-state index is 9.45. The largest absolute Gasteiger partial charge is 0.389 e. The molecule has 2 aromatic rings. The van der Waals surface area contributed by atoms with Gasteiger partial charge in [0, 0.05) is 4.90 Å². The Kier molecular flexibility index (Phi) is 4.04. The summed E-state index contributed by atoms with van der Waals surface area (Å²) in [4.78, 5) is 0.923. The van der Waals surface area contributed by atoms with Gasteiger partial charge in [-0.1, -0.05) is 40.8 Å². The molecule has 1 heterocycles. The van der Waals surface area contributed by atoms with Crippen LogP contribution < -0.4 is 0 Å². The fraction of sp³-hybridized carbons (Fsp3) is 0.273. The number of aromatic nitrogens is 2. The Morgan fingerprint density at radius 3 is 2.71 bits per heavy atom. The van der Waals surface area contributed by atoms with Crippen LogP contribution in [0.15, 0.2) is 27.4 Å². The Bertz CT molecular complexity index is 528. The molecule has 3 nitrogen and oxygen atoms in total. The SMILES string of the molecule is Cc1nnc(Sc2ccc(C(C)O)cc2Cl)s1. The summed E-state index contributed by atoms with van der Waals surface area (Å²) in [6.45, 7) is 3.63. The van der Waals surface area contributed by atoms with E-state index >= 15 is 0 Å². The van der Waals surface area contributed by atoms with Gasteiger partial charge in [-0.05, 0) is 31.5 Å². The predicted octanol–water partition coefficient (Wildman–Crippen LogP) is 3.70. The van der Waals surface area contributed by atoms with E-state index in [-0.39, 0.29) is 0 Å². The van der Waals surface area contributed by atoms with Gasteiger partial charge in [-0.15, -0.1) is 10.2 Å². The quantitative estimate of drug-likeness (QED) is 0.934. The summed E-state index contributed by atoms with van der Waals surface area (Å²) in [5, 5.41) is 19.0. The lowest BCUT2D eigenvalue weighted by atomic mass is 10.1. The van der Waals surface area contributed by atoms with Crippen LogP contribution in [0.4, 0.5) is 0 Å². The summed E-state index contributed by atoms with van der Waals surface area (Å²) in [6.07, 6.45) is -0.504. The van der Waals surface area contributed by atoms with Crippen LogP contribution in [0, 0.1) is 6.92 Å². The molecular formula is C11H11ClN2OS2. The molecule has 1 aromatic carbocycles. The fourth-order valence-electron chi connectivity index (χ4n) is 1.27. The average molecular weight is 287 g/mol. The van der Waals surface area contributed by atoms with E-state index in [1.54, 1.807) is 13.0 Å². The van der Waals surface area contributed by atoms with Crippen molar-refractivity contribution in [1.82, 2.24) is 10.2 Å². The van der Waals surface area contributed by atoms with Crippen LogP contribution >= 0.6 is 34.7 Å². The highest BCUT2D eigenvalue weighted by Gasteiger charge is 2.09. The van der Waals surface area contributed by atoms with E-state index in [1.165, 1.54) is 23.1 Å². The number of benzene rings is 1. The highest BCUT2D eigenvalue weighted by Crippen LogP contribution is 2.35. The molecule has 0 bridgehead atoms. The molecule has 1 aromatic heterocycles. The number of rotatable bonds is 3. The normalized spacial score (nSPS) is 12.7. The third-order valence-electron chi connectivity index (χ3n) is 2.14. The van der Waals surface area contributed by atoms with Crippen LogP contribution in [-0.4, -0.2) is 15.3 Å². The lowest BCUT2D eigenvalue weighted by Crippen LogP contribution is -1.90. The maximum Gasteiger partial charge on any atom is 0.179 e. The van der Waals surface area contributed by atoms with Gasteiger partial charge >= 0.3 is 0 Å². The lowest BCUT2D eigenvalue weighted by molar-refractivity contribution is 0.199. The summed E-state index contributed by atoms with van der Waals surface area (Å²) in [5.41, 5.74) is 0.813. The van der Waals surface area contributed by atoms with E-state index in [1.807, 2.05) is 19.1 Å². The van der Waals surface area contributed by atoms with Gasteiger partial charge in [-0.3, -0.25) is 0 Å². The van der Waals surface area contributed by atoms with Crippen molar-refractivity contribution < 1.29 is 5.11 Å². The standard InChI is InChI=1S/C11H11ClN2OS2/c1-6(15)8-3-4-10(9(12)5-8)17-11-14-13-7(2)16-11/h3-6,15H,1-2H3. The molecule has 90 valence electrons. The van der Waals surface area contributed by atoms with Crippen molar-refractivity contribution in [2.45, 2.75) is 29.2 Å². The van der Waals surface area contributed by atoms with Gasteiger partial charge in [0.05, 0.1) is 11.1 Å². The average Bonchev–Trinajstić information content (AvgIpc) is 2.67. The Balaban J connectivity index is 2.22. The van der Waals surface area contributed by atoms with Crippen molar-refractivity contribution in [1.29, 1.82) is 0 Å². The van der Waals surface area contributed by atoms with E-state index in [4.69, 9.17) is 11.6 Å². The van der Waals surface area contributed by atoms with E-state index in [0.29, 0.717) is 5.02 Å². The second-order valence-corrected chi connectivity index (χ2v) is 6.43. The second-order valence-electron chi connectivity index (χ2n) is 3.55. The zero-order chi connectivity index (χ0) is 12.4. The maximum atomic E-state index is 9.45. The smallest absolute Gasteiger partial charge is 0.179 e. The van der Waals surface area contributed by atoms with Gasteiger partial charge < -0.3 is 5.11 Å². The Hall–Kier alpha value is -0.620. The summed E-state index contributed by atoms with van der Waals surface area (Å²) in [7, 11) is 0. The van der Waals surface area contributed by atoms with Crippen molar-refractivity contribution in [2.75, 3.05) is 0 Å². The molecule has 0 spiro atoms. The fourth-order valence-corrected chi connectivity index (χ4v) is 3.35. The third kappa shape index (κ3) is 3.19. The first kappa shape index (κ1) is 12.8. The van der Waals surface area contributed by atoms with Gasteiger partial charge in [0.2, 0.25) is 0 Å². The minimum absolute atomic E-state index is 0.504. The number of aliphatic hydroxyl groups is 1. The number of halogens is 1. The summed E-state index contributed by atoms with van der Waals surface area (Å²) in [6, 6.07) is 5.54. The Labute approximate surface area is 113 Å². The van der Waals surface area contributed by atoms with Gasteiger partial charge in [-0.2, -0.15) is 0 Å². The molecule has 0 radical (unpaired) electrons. The van der Waals surface area contributed by atoms with E-state index < -0.39 is 6.10 Å². The van der Waals surface area contributed by atoms with Crippen molar-refractivity contribution in [3.8, 4) is 0 Å².